The van der Waals surface area contributed by atoms with E-state index in [0.29, 0.717) is 60.5 Å². The monoisotopic (exact) mass is 2040 g/mol. The van der Waals surface area contributed by atoms with E-state index in [1.165, 1.54) is 80.4 Å². The molecular weight excluding hydrogens is 1930 g/mol. The Balaban J connectivity index is 0.848. The van der Waals surface area contributed by atoms with E-state index < -0.39 is 261 Å². The van der Waals surface area contributed by atoms with Gasteiger partial charge in [0.15, 0.2) is 0 Å². The van der Waals surface area contributed by atoms with Gasteiger partial charge in [-0.15, -0.1) is 0 Å². The van der Waals surface area contributed by atoms with E-state index in [2.05, 4.69) is 105 Å². The van der Waals surface area contributed by atoms with Crippen LogP contribution in [0.5, 0.6) is 11.5 Å². The highest BCUT2D eigenvalue weighted by Gasteiger charge is 2.43. The summed E-state index contributed by atoms with van der Waals surface area (Å²) in [6, 6.07) is 22.5. The molecule has 4 aromatic heterocycles. The quantitative estimate of drug-likeness (QED) is 0.0319. The molecular formula is C103H115N23O23. The number of hydrogen-bond donors (Lipinski definition) is 25. The van der Waals surface area contributed by atoms with Crippen LogP contribution in [0, 0.1) is 0 Å². The number of benzene rings is 7. The molecule has 0 spiro atoms. The number of carbonyl (C=O) groups is 19. The number of aliphatic hydroxyl groups is 1. The van der Waals surface area contributed by atoms with Gasteiger partial charge in [-0.1, -0.05) is 140 Å². The van der Waals surface area contributed by atoms with Gasteiger partial charge < -0.3 is 136 Å². The van der Waals surface area contributed by atoms with Crippen LogP contribution in [0.2, 0.25) is 0 Å². The minimum Gasteiger partial charge on any atom is -0.508 e. The van der Waals surface area contributed by atoms with Crippen LogP contribution in [0.25, 0.3) is 32.7 Å². The molecule has 780 valence electrons. The Labute approximate surface area is 850 Å². The van der Waals surface area contributed by atoms with Crippen molar-refractivity contribution < 1.29 is 112 Å². The summed E-state index contributed by atoms with van der Waals surface area (Å²) in [6.45, 7) is 0.215. The second-order valence-corrected chi connectivity index (χ2v) is 36.4. The van der Waals surface area contributed by atoms with Gasteiger partial charge in [0.25, 0.3) is 0 Å². The summed E-state index contributed by atoms with van der Waals surface area (Å²) >= 11 is 0. The minimum absolute atomic E-state index is 0.0859. The smallest absolute Gasteiger partial charge is 0.305 e. The number of fused-ring (bicyclic) bond motifs is 4. The summed E-state index contributed by atoms with van der Waals surface area (Å²) in [4.78, 5) is 296. The molecule has 46 nitrogen and oxygen atoms in total. The third kappa shape index (κ3) is 30.3. The van der Waals surface area contributed by atoms with E-state index in [9.17, 15) is 68.4 Å². The Morgan fingerprint density at radius 1 is 0.362 bits per heavy atom. The van der Waals surface area contributed by atoms with Gasteiger partial charge in [0, 0.05) is 115 Å². The maximum Gasteiger partial charge on any atom is 0.305 e. The van der Waals surface area contributed by atoms with Crippen LogP contribution in [0.4, 0.5) is 0 Å². The lowest BCUT2D eigenvalue weighted by Crippen LogP contribution is -2.62. The first kappa shape index (κ1) is 108. The number of nitrogens with two attached hydrogens (primary N) is 2. The third-order valence-electron chi connectivity index (χ3n) is 25.2. The fourth-order valence-corrected chi connectivity index (χ4v) is 17.6. The van der Waals surface area contributed by atoms with E-state index in [4.69, 9.17) is 11.5 Å². The number of hydrogen-bond acceptors (Lipinski definition) is 23. The second-order valence-electron chi connectivity index (χ2n) is 36.4. The van der Waals surface area contributed by atoms with E-state index in [0.717, 1.165) is 11.8 Å². The maximum atomic E-state index is 15.6. The average Bonchev–Trinajstić information content (AvgIpc) is 1.73. The number of carboxylic acid groups (broad SMARTS) is 1. The zero-order valence-corrected chi connectivity index (χ0v) is 80.8. The van der Waals surface area contributed by atoms with Crippen LogP contribution < -0.4 is 91.2 Å². The summed E-state index contributed by atoms with van der Waals surface area (Å²) < 4.78 is 0. The number of amides is 18. The molecule has 13 rings (SSSR count). The van der Waals surface area contributed by atoms with Gasteiger partial charge in [-0.2, -0.15) is 0 Å². The number of para-hydroxylation sites is 3. The van der Waals surface area contributed by atoms with Crippen molar-refractivity contribution in [3.05, 3.63) is 258 Å². The number of rotatable bonds is 23. The van der Waals surface area contributed by atoms with Crippen LogP contribution in [-0.2, 0) is 142 Å². The molecule has 6 heterocycles. The molecule has 11 aromatic rings. The number of aromatic nitrogens is 5. The van der Waals surface area contributed by atoms with Crippen LogP contribution in [-0.4, -0.2) is 273 Å². The number of nitrogens with one attached hydrogen (secondary N) is 19. The Bertz CT molecular complexity index is 6740. The average molecular weight is 2040 g/mol. The fourth-order valence-electron chi connectivity index (χ4n) is 17.6. The molecule has 0 saturated carbocycles. The van der Waals surface area contributed by atoms with E-state index in [1.54, 1.807) is 140 Å². The predicted octanol–water partition coefficient (Wildman–Crippen LogP) is -2.33. The summed E-state index contributed by atoms with van der Waals surface area (Å²) in [6.07, 6.45) is -0.697. The molecule has 0 radical (unpaired) electrons. The second kappa shape index (κ2) is 50.9. The first-order chi connectivity index (χ1) is 71.4. The zero-order valence-electron chi connectivity index (χ0n) is 80.8. The molecule has 0 bridgehead atoms. The van der Waals surface area contributed by atoms with Crippen molar-refractivity contribution in [2.24, 2.45) is 11.5 Å². The molecule has 2 aliphatic rings. The normalized spacial score (nSPS) is 22.7. The lowest BCUT2D eigenvalue weighted by atomic mass is 10.00. The maximum absolute atomic E-state index is 15.6. The number of primary amides is 2. The summed E-state index contributed by atoms with van der Waals surface area (Å²) in [7, 11) is 0. The molecule has 149 heavy (non-hydrogen) atoms. The Morgan fingerprint density at radius 3 is 1.05 bits per heavy atom. The van der Waals surface area contributed by atoms with Crippen molar-refractivity contribution in [1.82, 2.24) is 110 Å². The van der Waals surface area contributed by atoms with Crippen molar-refractivity contribution in [1.29, 1.82) is 0 Å². The number of carbonyl (C=O) groups excluding carboxylic acids is 18. The lowest BCUT2D eigenvalue weighted by Gasteiger charge is -2.30. The largest absolute Gasteiger partial charge is 0.508 e. The Morgan fingerprint density at radius 2 is 0.685 bits per heavy atom. The third-order valence-corrected chi connectivity index (χ3v) is 25.2. The first-order valence-electron chi connectivity index (χ1n) is 47.9. The minimum atomic E-state index is -2.03. The van der Waals surface area contributed by atoms with Crippen molar-refractivity contribution in [2.45, 2.75) is 188 Å². The molecule has 2 aliphatic heterocycles. The topological polar surface area (TPSA) is 717 Å². The number of H-pyrrole nitrogens is 4. The lowest BCUT2D eigenvalue weighted by molar-refractivity contribution is -0.144. The zero-order chi connectivity index (χ0) is 107. The number of aromatic amines is 4. The van der Waals surface area contributed by atoms with Gasteiger partial charge >= 0.3 is 5.97 Å². The molecule has 15 atom stereocenters. The number of aromatic hydroxyl groups is 2. The van der Waals surface area contributed by atoms with Gasteiger partial charge in [-0.05, 0) is 108 Å². The highest BCUT2D eigenvalue weighted by molar-refractivity contribution is 6.04. The van der Waals surface area contributed by atoms with Crippen molar-refractivity contribution >= 4 is 145 Å². The Hall–Kier alpha value is -18.1. The highest BCUT2D eigenvalue weighted by Crippen LogP contribution is 2.27. The van der Waals surface area contributed by atoms with Gasteiger partial charge in [-0.3, -0.25) is 91.1 Å². The molecule has 2 saturated heterocycles. The molecule has 0 unspecified atom stereocenters. The van der Waals surface area contributed by atoms with E-state index in [-0.39, 0.29) is 73.4 Å². The van der Waals surface area contributed by atoms with Crippen molar-refractivity contribution in [2.75, 3.05) is 19.6 Å². The van der Waals surface area contributed by atoms with Gasteiger partial charge in [0.1, 0.15) is 96.1 Å². The Kier molecular flexibility index (Phi) is 36.9. The number of phenolic OH excluding ortho intramolecular Hbond substituents is 2. The van der Waals surface area contributed by atoms with Gasteiger partial charge in [0.05, 0.1) is 50.5 Å². The van der Waals surface area contributed by atoms with Crippen molar-refractivity contribution in [3.8, 4) is 11.5 Å². The first-order valence-corrected chi connectivity index (χ1v) is 47.9. The standard InChI is InChI=1S/C103H115N23O23/c1-54-103(149)126-35-15-26-83(126)101(147)124-82(46-88(134)135)100(146)121-77(41-61-48-108-70-24-13-10-21-67(61)70)96(142)117-72(36-56-16-5-3-6-17-56)92(138)115-73(37-57-18-7-4-8-19-57)95(141)123-81(45-85(105)131)99(145)118-74(38-58-27-31-64(128)32-28-58)93(139)116-75(39-59-29-33-65(129)34-30-59)94(140)119-76(40-60-47-107-69-23-12-9-20-66(60)69)90(136)110-51-86(132)114-80(44-84(104)130)98(144)120-78(42-62-49-109-71-25-14-11-22-68(62)71)97(143)122-79(43-63-50-106-53-112-63)91(137)111-52-87(133)125-89(55(2)127)102(148)113-54/h3-14,16-25,27-34,47-50,53-55,72-83,89,107-109,127-129H,15,26,35-46,51-52H2,1-2H3,(H2,104,130)(H2,105,131)(H,106,112)(H,110,136)(H,111,137)(H,113,148)(H,114,132)(H,115,138)(H,116,139)(H,117,142)(H,118,145)(H,119,140)(H,120,144)(H,121,146)(H,122,143)(H,123,141)(H,124,147)(H,125,133)(H,134,135)/t54-,55+,72-,73+,74+,75-,76+,77+,78-,79+,80+,81-,82-,83+,89+/m0/s1. The number of phenols is 2. The summed E-state index contributed by atoms with van der Waals surface area (Å²) in [5, 5.41) is 82.1. The van der Waals surface area contributed by atoms with E-state index >= 15 is 43.2 Å². The molecule has 18 amide bonds. The SMILES string of the molecule is C[C@@H]1NC(=O)[C@@H]([C@@H](C)O)NC(=O)CNC(=O)[C@@H](Cc2c[nH]cn2)NC(=O)[C@H](Cc2c[nH]c3ccccc23)NC(=O)[C@@H](CC(N)=O)NC(=O)CNC(=O)[C@@H](Cc2c[nH]c3ccccc23)NC(=O)[C@H](Cc2ccc(O)cc2)NC(=O)[C@@H](Cc2ccc(O)cc2)NC(=O)[C@H](CC(N)=O)NC(=O)[C@@H](Cc2ccccc2)NC(=O)[C@H](Cc2ccccc2)NC(=O)[C@@H](Cc2c[nH]c3ccccc23)NC(=O)[C@H](CC(=O)O)NC(=O)[C@H]2CCCN2C1=O. The number of imidazole rings is 1. The van der Waals surface area contributed by atoms with Crippen LogP contribution in [0.1, 0.15) is 90.6 Å². The van der Waals surface area contributed by atoms with Crippen LogP contribution in [0.3, 0.4) is 0 Å². The number of aliphatic carboxylic acids is 1. The fraction of sp³-hybridized carbons (Fsp3) is 0.320. The molecule has 2 fully saturated rings. The molecule has 0 aliphatic carbocycles. The van der Waals surface area contributed by atoms with Crippen LogP contribution >= 0.6 is 0 Å². The van der Waals surface area contributed by atoms with Crippen molar-refractivity contribution in [3.63, 3.8) is 0 Å². The summed E-state index contributed by atoms with van der Waals surface area (Å²) in [5.74, 6) is -22.4. The molecule has 7 aromatic carbocycles. The molecule has 46 heteroatoms. The number of aliphatic hydroxyl groups excluding tert-OH is 1. The van der Waals surface area contributed by atoms with Crippen LogP contribution in [0.15, 0.2) is 213 Å². The number of carboxylic acids is 1. The van der Waals surface area contributed by atoms with E-state index in [1.807, 2.05) is 0 Å². The highest BCUT2D eigenvalue weighted by atomic mass is 16.4. The summed E-state index contributed by atoms with van der Waals surface area (Å²) in [5.41, 5.74) is 16.1. The molecule has 27 N–H and O–H groups in total. The predicted molar refractivity (Wildman–Crippen MR) is 535 cm³/mol. The number of nitrogens with zero attached hydrogens (tertiary/aromatic N) is 2. The van der Waals surface area contributed by atoms with Gasteiger partial charge in [0.2, 0.25) is 106 Å². The van der Waals surface area contributed by atoms with Gasteiger partial charge in [-0.25, -0.2) is 4.98 Å².